The molecule has 116 valence electrons. The molecule has 1 rings (SSSR count). The summed E-state index contributed by atoms with van der Waals surface area (Å²) in [7, 11) is 0. The second kappa shape index (κ2) is 8.95. The van der Waals surface area contributed by atoms with Crippen LogP contribution in [0.4, 0.5) is 0 Å². The number of ether oxygens (including phenoxy) is 1. The topological polar surface area (TPSA) is 49.9 Å². The molecule has 5 heteroatoms. The van der Waals surface area contributed by atoms with Crippen LogP contribution in [0.1, 0.15) is 40.0 Å². The monoisotopic (exact) mass is 284 g/mol. The van der Waals surface area contributed by atoms with Gasteiger partial charge in [0.15, 0.2) is 0 Å². The minimum absolute atomic E-state index is 0.0709. The third kappa shape index (κ3) is 6.37. The summed E-state index contributed by atoms with van der Waals surface area (Å²) < 4.78 is 4.83. The largest absolute Gasteiger partial charge is 0.466 e. The van der Waals surface area contributed by atoms with E-state index in [9.17, 15) is 9.59 Å². The number of esters is 1. The lowest BCUT2D eigenvalue weighted by atomic mass is 10.1. The average Bonchev–Trinajstić information content (AvgIpc) is 2.43. The molecule has 0 atom stereocenters. The summed E-state index contributed by atoms with van der Waals surface area (Å²) in [6.07, 6.45) is 1.67. The van der Waals surface area contributed by atoms with E-state index in [4.69, 9.17) is 4.74 Å². The highest BCUT2D eigenvalue weighted by Gasteiger charge is 2.21. The van der Waals surface area contributed by atoms with Crippen molar-refractivity contribution in [3.05, 3.63) is 0 Å². The zero-order chi connectivity index (χ0) is 15.0. The van der Waals surface area contributed by atoms with Crippen LogP contribution in [0.25, 0.3) is 0 Å². The maximum Gasteiger partial charge on any atom is 0.306 e. The van der Waals surface area contributed by atoms with Crippen molar-refractivity contribution in [3.8, 4) is 0 Å². The lowest BCUT2D eigenvalue weighted by Crippen LogP contribution is -2.49. The highest BCUT2D eigenvalue weighted by atomic mass is 16.5. The second-order valence-corrected chi connectivity index (χ2v) is 5.71. The van der Waals surface area contributed by atoms with Crippen molar-refractivity contribution < 1.29 is 14.3 Å². The Morgan fingerprint density at radius 2 is 1.75 bits per heavy atom. The van der Waals surface area contributed by atoms with E-state index in [-0.39, 0.29) is 24.7 Å². The van der Waals surface area contributed by atoms with Gasteiger partial charge < -0.3 is 9.64 Å². The van der Waals surface area contributed by atoms with Gasteiger partial charge in [0.1, 0.15) is 0 Å². The van der Waals surface area contributed by atoms with Gasteiger partial charge in [-0.3, -0.25) is 14.5 Å². The summed E-state index contributed by atoms with van der Waals surface area (Å²) in [6.45, 7) is 11.2. The Morgan fingerprint density at radius 1 is 1.10 bits per heavy atom. The minimum atomic E-state index is -0.281. The van der Waals surface area contributed by atoms with Crippen LogP contribution in [-0.2, 0) is 14.3 Å². The summed E-state index contributed by atoms with van der Waals surface area (Å²) in [5, 5.41) is 0. The van der Waals surface area contributed by atoms with Gasteiger partial charge in [-0.25, -0.2) is 0 Å². The molecule has 5 nitrogen and oxygen atoms in total. The van der Waals surface area contributed by atoms with Crippen molar-refractivity contribution in [1.82, 2.24) is 9.80 Å². The van der Waals surface area contributed by atoms with E-state index in [0.717, 1.165) is 38.6 Å². The summed E-state index contributed by atoms with van der Waals surface area (Å²) in [6, 6.07) is 0. The summed E-state index contributed by atoms with van der Waals surface area (Å²) in [4.78, 5) is 27.5. The maximum absolute atomic E-state index is 12.0. The number of carbonyl (C=O) groups is 2. The van der Waals surface area contributed by atoms with Crippen LogP contribution in [0.2, 0.25) is 0 Å². The molecule has 0 radical (unpaired) electrons. The van der Waals surface area contributed by atoms with Crippen LogP contribution in [-0.4, -0.2) is 61.0 Å². The Bertz CT molecular complexity index is 310. The third-order valence-electron chi connectivity index (χ3n) is 3.60. The smallest absolute Gasteiger partial charge is 0.306 e. The van der Waals surface area contributed by atoms with Crippen LogP contribution in [0.15, 0.2) is 0 Å². The van der Waals surface area contributed by atoms with Crippen LogP contribution in [0, 0.1) is 5.92 Å². The molecule has 1 aliphatic heterocycles. The number of hydrogen-bond acceptors (Lipinski definition) is 4. The Labute approximate surface area is 122 Å². The Balaban J connectivity index is 2.20. The van der Waals surface area contributed by atoms with Crippen molar-refractivity contribution in [3.63, 3.8) is 0 Å². The van der Waals surface area contributed by atoms with E-state index in [0.29, 0.717) is 6.61 Å². The Morgan fingerprint density at radius 3 is 2.30 bits per heavy atom. The number of hydrogen-bond donors (Lipinski definition) is 0. The van der Waals surface area contributed by atoms with Gasteiger partial charge in [0.05, 0.1) is 13.0 Å². The fraction of sp³-hybridized carbons (Fsp3) is 0.867. The fourth-order valence-electron chi connectivity index (χ4n) is 2.26. The first-order valence-corrected chi connectivity index (χ1v) is 7.68. The van der Waals surface area contributed by atoms with Gasteiger partial charge in [-0.05, 0) is 25.8 Å². The zero-order valence-electron chi connectivity index (χ0n) is 13.1. The molecule has 0 bridgehead atoms. The molecule has 0 spiro atoms. The van der Waals surface area contributed by atoms with Crippen molar-refractivity contribution in [2.45, 2.75) is 40.0 Å². The van der Waals surface area contributed by atoms with Crippen LogP contribution < -0.4 is 0 Å². The quantitative estimate of drug-likeness (QED) is 0.665. The average molecular weight is 284 g/mol. The van der Waals surface area contributed by atoms with Crippen molar-refractivity contribution in [1.29, 1.82) is 0 Å². The number of carbonyl (C=O) groups excluding carboxylic acids is 2. The van der Waals surface area contributed by atoms with E-state index in [1.54, 1.807) is 6.92 Å². The zero-order valence-corrected chi connectivity index (χ0v) is 13.1. The maximum atomic E-state index is 12.0. The lowest BCUT2D eigenvalue weighted by Gasteiger charge is -2.35. The molecule has 0 aliphatic carbocycles. The molecular weight excluding hydrogens is 256 g/mol. The van der Waals surface area contributed by atoms with E-state index in [1.165, 1.54) is 6.42 Å². The first-order valence-electron chi connectivity index (χ1n) is 7.68. The molecule has 20 heavy (non-hydrogen) atoms. The SMILES string of the molecule is CCOC(=O)CCC(=O)N1CCN(CCC(C)C)CC1. The van der Waals surface area contributed by atoms with Gasteiger partial charge in [-0.1, -0.05) is 13.8 Å². The minimum Gasteiger partial charge on any atom is -0.466 e. The third-order valence-corrected chi connectivity index (χ3v) is 3.60. The van der Waals surface area contributed by atoms with Gasteiger partial charge in [-0.15, -0.1) is 0 Å². The molecule has 1 fully saturated rings. The summed E-state index contributed by atoms with van der Waals surface area (Å²) in [5.41, 5.74) is 0. The molecule has 0 aromatic heterocycles. The van der Waals surface area contributed by atoms with E-state index < -0.39 is 0 Å². The van der Waals surface area contributed by atoms with Crippen molar-refractivity contribution >= 4 is 11.9 Å². The molecule has 0 aromatic carbocycles. The first-order chi connectivity index (χ1) is 9.52. The molecule has 0 N–H and O–H groups in total. The van der Waals surface area contributed by atoms with Gasteiger partial charge in [0.2, 0.25) is 5.91 Å². The number of nitrogens with zero attached hydrogens (tertiary/aromatic N) is 2. The molecule has 1 heterocycles. The predicted molar refractivity (Wildman–Crippen MR) is 78.3 cm³/mol. The standard InChI is InChI=1S/C15H28N2O3/c1-4-20-15(19)6-5-14(18)17-11-9-16(10-12-17)8-7-13(2)3/h13H,4-12H2,1-3H3. The van der Waals surface area contributed by atoms with Gasteiger partial charge in [0.25, 0.3) is 0 Å². The molecule has 1 saturated heterocycles. The molecule has 1 aliphatic rings. The summed E-state index contributed by atoms with van der Waals surface area (Å²) >= 11 is 0. The van der Waals surface area contributed by atoms with E-state index in [1.807, 2.05) is 4.90 Å². The van der Waals surface area contributed by atoms with Gasteiger partial charge in [-0.2, -0.15) is 0 Å². The van der Waals surface area contributed by atoms with Crippen LogP contribution in [0.3, 0.4) is 0 Å². The molecule has 0 unspecified atom stereocenters. The van der Waals surface area contributed by atoms with Crippen molar-refractivity contribution in [2.75, 3.05) is 39.3 Å². The van der Waals surface area contributed by atoms with Crippen LogP contribution >= 0.6 is 0 Å². The Kier molecular flexibility index (Phi) is 7.59. The summed E-state index contributed by atoms with van der Waals surface area (Å²) in [5.74, 6) is 0.511. The lowest BCUT2D eigenvalue weighted by molar-refractivity contribution is -0.146. The molecule has 0 aromatic rings. The van der Waals surface area contributed by atoms with E-state index in [2.05, 4.69) is 18.7 Å². The Hall–Kier alpha value is -1.10. The van der Waals surface area contributed by atoms with Gasteiger partial charge in [0, 0.05) is 32.6 Å². The van der Waals surface area contributed by atoms with E-state index >= 15 is 0 Å². The van der Waals surface area contributed by atoms with Crippen molar-refractivity contribution in [2.24, 2.45) is 5.92 Å². The highest BCUT2D eigenvalue weighted by Crippen LogP contribution is 2.08. The predicted octanol–water partition coefficient (Wildman–Crippen LogP) is 1.52. The van der Waals surface area contributed by atoms with Crippen LogP contribution in [0.5, 0.6) is 0 Å². The first kappa shape index (κ1) is 17.0. The molecule has 0 saturated carbocycles. The molecule has 1 amide bonds. The number of amides is 1. The van der Waals surface area contributed by atoms with Gasteiger partial charge >= 0.3 is 5.97 Å². The number of rotatable bonds is 7. The number of piperazine rings is 1. The molecular formula is C15H28N2O3. The fourth-order valence-corrected chi connectivity index (χ4v) is 2.26. The highest BCUT2D eigenvalue weighted by molar-refractivity contribution is 5.81. The second-order valence-electron chi connectivity index (χ2n) is 5.71. The normalized spacial score (nSPS) is 16.5.